The van der Waals surface area contributed by atoms with Crippen molar-refractivity contribution in [2.75, 3.05) is 13.1 Å². The SMILES string of the molecule is CCC(C#N)S(=O)(=O)N1C[C@H]2CCC(N)C[C@H]2C1. The summed E-state index contributed by atoms with van der Waals surface area (Å²) in [5.41, 5.74) is 5.94. The Balaban J connectivity index is 2.11. The van der Waals surface area contributed by atoms with Gasteiger partial charge in [0.25, 0.3) is 0 Å². The number of nitrogens with two attached hydrogens (primary N) is 1. The fraction of sp³-hybridized carbons (Fsp3) is 0.917. The molecule has 2 fully saturated rings. The molecule has 1 saturated carbocycles. The Labute approximate surface area is 109 Å². The van der Waals surface area contributed by atoms with Crippen molar-refractivity contribution in [3.63, 3.8) is 0 Å². The highest BCUT2D eigenvalue weighted by atomic mass is 32.2. The molecule has 6 heteroatoms. The fourth-order valence-corrected chi connectivity index (χ4v) is 4.89. The van der Waals surface area contributed by atoms with Crippen molar-refractivity contribution in [1.82, 2.24) is 4.31 Å². The van der Waals surface area contributed by atoms with Crippen LogP contribution >= 0.6 is 0 Å². The molecule has 2 rings (SSSR count). The molecule has 1 saturated heterocycles. The number of nitriles is 1. The van der Waals surface area contributed by atoms with E-state index in [2.05, 4.69) is 0 Å². The van der Waals surface area contributed by atoms with Gasteiger partial charge in [0.15, 0.2) is 5.25 Å². The third kappa shape index (κ3) is 2.40. The lowest BCUT2D eigenvalue weighted by molar-refractivity contribution is 0.271. The Morgan fingerprint density at radius 3 is 2.67 bits per heavy atom. The van der Waals surface area contributed by atoms with Gasteiger partial charge in [-0.15, -0.1) is 0 Å². The molecule has 2 aliphatic rings. The van der Waals surface area contributed by atoms with E-state index in [1.165, 1.54) is 4.31 Å². The number of nitrogens with zero attached hydrogens (tertiary/aromatic N) is 2. The Bertz CT molecular complexity index is 443. The van der Waals surface area contributed by atoms with E-state index in [1.807, 2.05) is 6.07 Å². The Morgan fingerprint density at radius 2 is 2.06 bits per heavy atom. The van der Waals surface area contributed by atoms with Gasteiger partial charge >= 0.3 is 0 Å². The van der Waals surface area contributed by atoms with Gasteiger partial charge in [0.1, 0.15) is 0 Å². The lowest BCUT2D eigenvalue weighted by atomic mass is 9.79. The van der Waals surface area contributed by atoms with Gasteiger partial charge in [0.2, 0.25) is 10.0 Å². The molecule has 0 bridgehead atoms. The summed E-state index contributed by atoms with van der Waals surface area (Å²) in [6.45, 7) is 2.88. The topological polar surface area (TPSA) is 87.2 Å². The molecular formula is C12H21N3O2S. The van der Waals surface area contributed by atoms with Crippen molar-refractivity contribution in [2.24, 2.45) is 17.6 Å². The smallest absolute Gasteiger partial charge is 0.230 e. The number of sulfonamides is 1. The van der Waals surface area contributed by atoms with Crippen LogP contribution in [0.4, 0.5) is 0 Å². The number of rotatable bonds is 3. The van der Waals surface area contributed by atoms with E-state index in [-0.39, 0.29) is 6.04 Å². The lowest BCUT2D eigenvalue weighted by Crippen LogP contribution is -2.36. The Kier molecular flexibility index (Phi) is 3.95. The first-order valence-electron chi connectivity index (χ1n) is 6.63. The van der Waals surface area contributed by atoms with Crippen LogP contribution < -0.4 is 5.73 Å². The second kappa shape index (κ2) is 5.16. The van der Waals surface area contributed by atoms with Gasteiger partial charge < -0.3 is 5.73 Å². The lowest BCUT2D eigenvalue weighted by Gasteiger charge is -2.28. The van der Waals surface area contributed by atoms with Crippen molar-refractivity contribution in [1.29, 1.82) is 5.26 Å². The molecule has 0 amide bonds. The van der Waals surface area contributed by atoms with Crippen molar-refractivity contribution in [3.8, 4) is 6.07 Å². The minimum Gasteiger partial charge on any atom is -0.328 e. The standard InChI is InChI=1S/C12H21N3O2S/c1-2-12(6-13)18(16,17)15-7-9-3-4-11(14)5-10(9)8-15/h9-12H,2-5,7-8,14H2,1H3/t9-,10+,11?,12?/m1/s1. The van der Waals surface area contributed by atoms with Gasteiger partial charge in [-0.05, 0) is 37.5 Å². The van der Waals surface area contributed by atoms with E-state index in [0.29, 0.717) is 31.3 Å². The average molecular weight is 271 g/mol. The van der Waals surface area contributed by atoms with Gasteiger partial charge in [-0.25, -0.2) is 12.7 Å². The van der Waals surface area contributed by atoms with Crippen molar-refractivity contribution in [2.45, 2.75) is 43.9 Å². The summed E-state index contributed by atoms with van der Waals surface area (Å²) >= 11 is 0. The van der Waals surface area contributed by atoms with E-state index >= 15 is 0 Å². The second-order valence-corrected chi connectivity index (χ2v) is 7.60. The molecule has 1 heterocycles. The molecule has 1 aliphatic heterocycles. The number of fused-ring (bicyclic) bond motifs is 1. The first-order chi connectivity index (χ1) is 8.48. The second-order valence-electron chi connectivity index (χ2n) is 5.48. The number of hydrogen-bond acceptors (Lipinski definition) is 4. The first-order valence-corrected chi connectivity index (χ1v) is 8.13. The minimum atomic E-state index is -3.45. The molecular weight excluding hydrogens is 250 g/mol. The zero-order chi connectivity index (χ0) is 13.3. The summed E-state index contributed by atoms with van der Waals surface area (Å²) in [6.07, 6.45) is 3.27. The van der Waals surface area contributed by atoms with E-state index in [9.17, 15) is 8.42 Å². The third-order valence-electron chi connectivity index (χ3n) is 4.29. The van der Waals surface area contributed by atoms with Crippen molar-refractivity contribution >= 4 is 10.0 Å². The summed E-state index contributed by atoms with van der Waals surface area (Å²) in [5, 5.41) is 8.05. The van der Waals surface area contributed by atoms with Crippen LogP contribution in [-0.4, -0.2) is 37.1 Å². The van der Waals surface area contributed by atoms with Gasteiger partial charge in [0.05, 0.1) is 6.07 Å². The van der Waals surface area contributed by atoms with Gasteiger partial charge in [-0.1, -0.05) is 6.92 Å². The predicted octanol–water partition coefficient (Wildman–Crippen LogP) is 0.678. The quantitative estimate of drug-likeness (QED) is 0.817. The molecule has 0 radical (unpaired) electrons. The molecule has 0 aromatic carbocycles. The molecule has 2 N–H and O–H groups in total. The molecule has 102 valence electrons. The van der Waals surface area contributed by atoms with Crippen LogP contribution in [0.3, 0.4) is 0 Å². The van der Waals surface area contributed by atoms with Crippen LogP contribution in [0.15, 0.2) is 0 Å². The van der Waals surface area contributed by atoms with Crippen LogP contribution in [0.1, 0.15) is 32.6 Å². The Morgan fingerprint density at radius 1 is 1.39 bits per heavy atom. The van der Waals surface area contributed by atoms with Crippen molar-refractivity contribution in [3.05, 3.63) is 0 Å². The maximum Gasteiger partial charge on any atom is 0.230 e. The molecule has 5 nitrogen and oxygen atoms in total. The molecule has 0 aromatic rings. The Hall–Kier alpha value is -0.640. The van der Waals surface area contributed by atoms with Crippen LogP contribution in [-0.2, 0) is 10.0 Å². The van der Waals surface area contributed by atoms with E-state index in [4.69, 9.17) is 11.0 Å². The fourth-order valence-electron chi connectivity index (χ4n) is 3.18. The summed E-state index contributed by atoms with van der Waals surface area (Å²) in [7, 11) is -3.45. The predicted molar refractivity (Wildman–Crippen MR) is 69.0 cm³/mol. The summed E-state index contributed by atoms with van der Waals surface area (Å²) in [6, 6.07) is 2.12. The molecule has 1 aliphatic carbocycles. The van der Waals surface area contributed by atoms with E-state index < -0.39 is 15.3 Å². The van der Waals surface area contributed by atoms with E-state index in [1.54, 1.807) is 6.92 Å². The normalized spacial score (nSPS) is 34.8. The highest BCUT2D eigenvalue weighted by molar-refractivity contribution is 7.90. The maximum atomic E-state index is 12.3. The highest BCUT2D eigenvalue weighted by Crippen LogP contribution is 2.37. The number of hydrogen-bond donors (Lipinski definition) is 1. The minimum absolute atomic E-state index is 0.215. The molecule has 2 unspecified atom stereocenters. The highest BCUT2D eigenvalue weighted by Gasteiger charge is 2.43. The average Bonchev–Trinajstić information content (AvgIpc) is 2.73. The molecule has 18 heavy (non-hydrogen) atoms. The van der Waals surface area contributed by atoms with Crippen LogP contribution in [0.2, 0.25) is 0 Å². The van der Waals surface area contributed by atoms with Crippen LogP contribution in [0, 0.1) is 23.2 Å². The van der Waals surface area contributed by atoms with Gasteiger partial charge in [-0.3, -0.25) is 0 Å². The van der Waals surface area contributed by atoms with Crippen molar-refractivity contribution < 1.29 is 8.42 Å². The molecule has 4 atom stereocenters. The monoisotopic (exact) mass is 271 g/mol. The molecule has 0 spiro atoms. The molecule has 0 aromatic heterocycles. The maximum absolute atomic E-state index is 12.3. The summed E-state index contributed by atoms with van der Waals surface area (Å²) < 4.78 is 26.1. The third-order valence-corrected chi connectivity index (χ3v) is 6.47. The van der Waals surface area contributed by atoms with Crippen LogP contribution in [0.25, 0.3) is 0 Å². The van der Waals surface area contributed by atoms with Gasteiger partial charge in [0, 0.05) is 19.1 Å². The van der Waals surface area contributed by atoms with Crippen LogP contribution in [0.5, 0.6) is 0 Å². The largest absolute Gasteiger partial charge is 0.328 e. The first kappa shape index (κ1) is 13.8. The zero-order valence-corrected chi connectivity index (χ0v) is 11.6. The summed E-state index contributed by atoms with van der Waals surface area (Å²) in [4.78, 5) is 0. The summed E-state index contributed by atoms with van der Waals surface area (Å²) in [5.74, 6) is 0.829. The van der Waals surface area contributed by atoms with Gasteiger partial charge in [-0.2, -0.15) is 5.26 Å². The zero-order valence-electron chi connectivity index (χ0n) is 10.7. The van der Waals surface area contributed by atoms with E-state index in [0.717, 1.165) is 19.3 Å².